The molecule has 2 aromatic carbocycles. The van der Waals surface area contributed by atoms with E-state index in [9.17, 15) is 9.18 Å². The van der Waals surface area contributed by atoms with Gasteiger partial charge in [0.2, 0.25) is 5.91 Å². The van der Waals surface area contributed by atoms with Crippen LogP contribution >= 0.6 is 0 Å². The molecule has 1 amide bonds. The van der Waals surface area contributed by atoms with Gasteiger partial charge in [0.05, 0.1) is 12.5 Å². The smallest absolute Gasteiger partial charge is 0.226 e. The van der Waals surface area contributed by atoms with Crippen molar-refractivity contribution in [2.45, 2.75) is 12.5 Å². The fourth-order valence-electron chi connectivity index (χ4n) is 3.17. The van der Waals surface area contributed by atoms with Crippen LogP contribution < -0.4 is 14.8 Å². The number of hydrogen-bond acceptors (Lipinski definition) is 3. The number of hydrogen-bond donors (Lipinski definition) is 1. The number of ether oxygens (including phenoxy) is 2. The second-order valence-electron chi connectivity index (χ2n) is 6.31. The summed E-state index contributed by atoms with van der Waals surface area (Å²) in [4.78, 5) is 12.7. The van der Waals surface area contributed by atoms with Crippen LogP contribution in [0, 0.1) is 5.82 Å². The van der Waals surface area contributed by atoms with Crippen molar-refractivity contribution >= 4 is 11.6 Å². The van der Waals surface area contributed by atoms with Gasteiger partial charge in [0.15, 0.2) is 11.5 Å². The molecule has 0 radical (unpaired) electrons. The van der Waals surface area contributed by atoms with Gasteiger partial charge in [-0.1, -0.05) is 12.1 Å². The molecule has 27 heavy (non-hydrogen) atoms. The molecular weight excluding hydrogens is 347 g/mol. The van der Waals surface area contributed by atoms with Gasteiger partial charge in [-0.15, -0.1) is 0 Å². The topological polar surface area (TPSA) is 52.5 Å². The minimum absolute atomic E-state index is 0.172. The van der Waals surface area contributed by atoms with Crippen molar-refractivity contribution in [2.75, 3.05) is 18.5 Å². The Hall–Kier alpha value is -3.28. The highest BCUT2D eigenvalue weighted by Crippen LogP contribution is 2.33. The van der Waals surface area contributed by atoms with E-state index in [4.69, 9.17) is 9.47 Å². The molecule has 4 rings (SSSR count). The predicted octanol–water partition coefficient (Wildman–Crippen LogP) is 4.02. The van der Waals surface area contributed by atoms with Gasteiger partial charge in [-0.05, 0) is 42.0 Å². The van der Waals surface area contributed by atoms with Crippen molar-refractivity contribution in [1.29, 1.82) is 0 Å². The van der Waals surface area contributed by atoms with E-state index in [-0.39, 0.29) is 24.2 Å². The highest BCUT2D eigenvalue weighted by atomic mass is 19.1. The van der Waals surface area contributed by atoms with Crippen molar-refractivity contribution in [2.24, 2.45) is 0 Å². The summed E-state index contributed by atoms with van der Waals surface area (Å²) in [5, 5.41) is 2.89. The molecule has 0 fully saturated rings. The summed E-state index contributed by atoms with van der Waals surface area (Å²) in [7, 11) is 0. The lowest BCUT2D eigenvalue weighted by molar-refractivity contribution is -0.116. The summed E-state index contributed by atoms with van der Waals surface area (Å²) < 4.78 is 26.6. The minimum atomic E-state index is -0.322. The molecule has 1 unspecified atom stereocenters. The van der Waals surface area contributed by atoms with Gasteiger partial charge >= 0.3 is 0 Å². The summed E-state index contributed by atoms with van der Waals surface area (Å²) in [6, 6.07) is 15.1. The molecular formula is C21H19FN2O3. The van der Waals surface area contributed by atoms with Crippen molar-refractivity contribution in [1.82, 2.24) is 4.57 Å². The molecule has 0 spiro atoms. The maximum atomic E-state index is 13.7. The first-order valence-electron chi connectivity index (χ1n) is 8.76. The maximum Gasteiger partial charge on any atom is 0.226 e. The first-order valence-corrected chi connectivity index (χ1v) is 8.76. The van der Waals surface area contributed by atoms with E-state index in [1.807, 2.05) is 35.2 Å². The predicted molar refractivity (Wildman–Crippen MR) is 99.6 cm³/mol. The largest absolute Gasteiger partial charge is 0.486 e. The Morgan fingerprint density at radius 2 is 1.81 bits per heavy atom. The quantitative estimate of drug-likeness (QED) is 0.742. The van der Waals surface area contributed by atoms with Crippen LogP contribution in [0.15, 0.2) is 67.0 Å². The second-order valence-corrected chi connectivity index (χ2v) is 6.31. The fraction of sp³-hybridized carbons (Fsp3) is 0.190. The molecule has 1 N–H and O–H groups in total. The standard InChI is InChI=1S/C21H19FN2O3/c22-16-5-3-4-15(12-16)18(24-8-1-2-9-24)14-21(25)23-17-6-7-19-20(13-17)27-11-10-26-19/h1-9,12-13,18H,10-11,14H2,(H,23,25). The van der Waals surface area contributed by atoms with Crippen LogP contribution in [0.4, 0.5) is 10.1 Å². The van der Waals surface area contributed by atoms with Crippen molar-refractivity contribution in [3.05, 3.63) is 78.4 Å². The van der Waals surface area contributed by atoms with Crippen molar-refractivity contribution < 1.29 is 18.7 Å². The third-order valence-electron chi connectivity index (χ3n) is 4.43. The SMILES string of the molecule is O=C(CC(c1cccc(F)c1)n1cccc1)Nc1ccc2c(c1)OCCO2. The number of aromatic nitrogens is 1. The number of anilines is 1. The Balaban J connectivity index is 1.52. The van der Waals surface area contributed by atoms with Crippen LogP contribution in [-0.4, -0.2) is 23.7 Å². The van der Waals surface area contributed by atoms with Crippen LogP contribution in [0.1, 0.15) is 18.0 Å². The summed E-state index contributed by atoms with van der Waals surface area (Å²) in [5.41, 5.74) is 1.37. The second kappa shape index (κ2) is 7.53. The van der Waals surface area contributed by atoms with Crippen molar-refractivity contribution in [3.63, 3.8) is 0 Å². The normalized spacial score (nSPS) is 13.8. The summed E-state index contributed by atoms with van der Waals surface area (Å²) in [6.45, 7) is 1.00. The Labute approximate surface area is 156 Å². The molecule has 1 aliphatic heterocycles. The first kappa shape index (κ1) is 17.1. The Kier molecular flexibility index (Phi) is 4.78. The van der Waals surface area contributed by atoms with E-state index in [0.29, 0.717) is 30.4 Å². The minimum Gasteiger partial charge on any atom is -0.486 e. The fourth-order valence-corrected chi connectivity index (χ4v) is 3.17. The number of rotatable bonds is 5. The first-order chi connectivity index (χ1) is 13.2. The van der Waals surface area contributed by atoms with Gasteiger partial charge in [0, 0.05) is 24.1 Å². The van der Waals surface area contributed by atoms with Gasteiger partial charge in [0.25, 0.3) is 0 Å². The molecule has 2 heterocycles. The average molecular weight is 366 g/mol. The number of carbonyl (C=O) groups excluding carboxylic acids is 1. The lowest BCUT2D eigenvalue weighted by Crippen LogP contribution is -2.20. The van der Waals surface area contributed by atoms with E-state index < -0.39 is 0 Å². The van der Waals surface area contributed by atoms with Gasteiger partial charge in [-0.2, -0.15) is 0 Å². The molecule has 1 aliphatic rings. The molecule has 138 valence electrons. The number of halogens is 1. The zero-order valence-electron chi connectivity index (χ0n) is 14.6. The van der Waals surface area contributed by atoms with Crippen LogP contribution in [0.5, 0.6) is 11.5 Å². The van der Waals surface area contributed by atoms with E-state index >= 15 is 0 Å². The molecule has 0 bridgehead atoms. The van der Waals surface area contributed by atoms with Crippen molar-refractivity contribution in [3.8, 4) is 11.5 Å². The molecule has 0 saturated carbocycles. The Morgan fingerprint density at radius 1 is 1.04 bits per heavy atom. The van der Waals surface area contributed by atoms with Crippen LogP contribution in [0.25, 0.3) is 0 Å². The lowest BCUT2D eigenvalue weighted by atomic mass is 10.0. The van der Waals surface area contributed by atoms with Gasteiger partial charge < -0.3 is 19.4 Å². The summed E-state index contributed by atoms with van der Waals surface area (Å²) in [5.74, 6) is 0.793. The zero-order valence-corrected chi connectivity index (χ0v) is 14.6. The van der Waals surface area contributed by atoms with E-state index in [2.05, 4.69) is 5.32 Å². The molecule has 3 aromatic rings. The van der Waals surface area contributed by atoms with Crippen LogP contribution in [-0.2, 0) is 4.79 Å². The lowest BCUT2D eigenvalue weighted by Gasteiger charge is -2.21. The summed E-state index contributed by atoms with van der Waals surface area (Å²) >= 11 is 0. The Morgan fingerprint density at radius 3 is 2.59 bits per heavy atom. The maximum absolute atomic E-state index is 13.7. The molecule has 0 saturated heterocycles. The van der Waals surface area contributed by atoms with Gasteiger partial charge in [0.1, 0.15) is 19.0 Å². The van der Waals surface area contributed by atoms with Gasteiger partial charge in [-0.3, -0.25) is 4.79 Å². The highest BCUT2D eigenvalue weighted by Gasteiger charge is 2.19. The molecule has 1 atom stereocenters. The number of benzene rings is 2. The number of nitrogens with one attached hydrogen (secondary N) is 1. The van der Waals surface area contributed by atoms with E-state index in [1.165, 1.54) is 12.1 Å². The number of amides is 1. The van der Waals surface area contributed by atoms with E-state index in [1.54, 1.807) is 24.3 Å². The monoisotopic (exact) mass is 366 g/mol. The molecule has 0 aliphatic carbocycles. The molecule has 5 nitrogen and oxygen atoms in total. The Bertz CT molecular complexity index is 940. The third-order valence-corrected chi connectivity index (χ3v) is 4.43. The number of carbonyl (C=O) groups is 1. The highest BCUT2D eigenvalue weighted by molar-refractivity contribution is 5.91. The van der Waals surface area contributed by atoms with Crippen LogP contribution in [0.2, 0.25) is 0 Å². The van der Waals surface area contributed by atoms with Gasteiger partial charge in [-0.25, -0.2) is 4.39 Å². The van der Waals surface area contributed by atoms with E-state index in [0.717, 1.165) is 5.56 Å². The zero-order chi connectivity index (χ0) is 18.6. The molecule has 6 heteroatoms. The molecule has 1 aromatic heterocycles. The number of nitrogens with zero attached hydrogens (tertiary/aromatic N) is 1. The third kappa shape index (κ3) is 3.95. The average Bonchev–Trinajstić information content (AvgIpc) is 3.20. The number of fused-ring (bicyclic) bond motifs is 1. The van der Waals surface area contributed by atoms with Crippen LogP contribution in [0.3, 0.4) is 0 Å². The summed E-state index contributed by atoms with van der Waals surface area (Å²) in [6.07, 6.45) is 3.91.